The number of nitrogens with zero attached hydrogens (tertiary/aromatic N) is 4. The summed E-state index contributed by atoms with van der Waals surface area (Å²) in [6, 6.07) is 18.5. The van der Waals surface area contributed by atoms with E-state index >= 15 is 0 Å². The Bertz CT molecular complexity index is 1200. The monoisotopic (exact) mass is 572 g/mol. The number of amides is 3. The Labute approximate surface area is 251 Å². The predicted octanol–water partition coefficient (Wildman–Crippen LogP) is 5.27. The lowest BCUT2D eigenvalue weighted by molar-refractivity contribution is -0.132. The Balaban J connectivity index is 1.10. The number of aliphatic imine (C=N–C) groups is 1. The first-order valence-corrected chi connectivity index (χ1v) is 16.0. The van der Waals surface area contributed by atoms with Crippen molar-refractivity contribution >= 4 is 17.9 Å². The molecule has 1 saturated carbocycles. The first kappa shape index (κ1) is 30.1. The van der Waals surface area contributed by atoms with Crippen LogP contribution < -0.4 is 11.1 Å². The second kappa shape index (κ2) is 14.2. The van der Waals surface area contributed by atoms with Crippen molar-refractivity contribution in [2.45, 2.75) is 89.9 Å². The third-order valence-corrected chi connectivity index (χ3v) is 9.26. The van der Waals surface area contributed by atoms with Crippen molar-refractivity contribution in [3.05, 3.63) is 71.3 Å². The van der Waals surface area contributed by atoms with Crippen molar-refractivity contribution < 1.29 is 9.59 Å². The molecule has 0 bridgehead atoms. The van der Waals surface area contributed by atoms with E-state index in [2.05, 4.69) is 41.4 Å². The lowest BCUT2D eigenvalue weighted by Gasteiger charge is -2.34. The molecule has 2 fully saturated rings. The Kier molecular flexibility index (Phi) is 10.2. The molecule has 3 N–H and O–H groups in total. The van der Waals surface area contributed by atoms with Gasteiger partial charge in [0.2, 0.25) is 0 Å². The van der Waals surface area contributed by atoms with Crippen molar-refractivity contribution in [1.29, 1.82) is 0 Å². The number of urea groups is 1. The van der Waals surface area contributed by atoms with Crippen molar-refractivity contribution in [3.63, 3.8) is 0 Å². The first-order valence-electron chi connectivity index (χ1n) is 16.0. The number of unbranched alkanes of at least 4 members (excludes halogenated alkanes) is 1. The normalized spacial score (nSPS) is 21.9. The topological polar surface area (TPSA) is 94.3 Å². The van der Waals surface area contributed by atoms with Crippen LogP contribution in [0.1, 0.15) is 81.4 Å². The van der Waals surface area contributed by atoms with Crippen LogP contribution in [0.25, 0.3) is 0 Å². The predicted molar refractivity (Wildman–Crippen MR) is 168 cm³/mol. The van der Waals surface area contributed by atoms with Crippen LogP contribution in [0.15, 0.2) is 59.6 Å². The Hall–Kier alpha value is -3.39. The summed E-state index contributed by atoms with van der Waals surface area (Å²) in [5.74, 6) is 0.982. The van der Waals surface area contributed by atoms with Gasteiger partial charge in [-0.25, -0.2) is 9.79 Å². The molecule has 3 amide bonds. The van der Waals surface area contributed by atoms with Gasteiger partial charge < -0.3 is 16.0 Å². The molecule has 2 aromatic rings. The zero-order valence-electron chi connectivity index (χ0n) is 25.3. The number of carbonyl (C=O) groups is 2. The molecule has 0 aromatic heterocycles. The summed E-state index contributed by atoms with van der Waals surface area (Å²) < 4.78 is 0. The maximum absolute atomic E-state index is 13.8. The molecule has 2 aromatic carbocycles. The van der Waals surface area contributed by atoms with Gasteiger partial charge in [-0.3, -0.25) is 14.6 Å². The van der Waals surface area contributed by atoms with Crippen LogP contribution in [-0.2, 0) is 24.4 Å². The van der Waals surface area contributed by atoms with E-state index < -0.39 is 5.54 Å². The number of guanidine groups is 1. The summed E-state index contributed by atoms with van der Waals surface area (Å²) in [5, 5.41) is 3.07. The number of hydrogen-bond donors (Lipinski definition) is 2. The summed E-state index contributed by atoms with van der Waals surface area (Å²) in [7, 11) is 0. The number of carbonyl (C=O) groups excluding carboxylic acids is 2. The Morgan fingerprint density at radius 2 is 1.60 bits per heavy atom. The van der Waals surface area contributed by atoms with Crippen LogP contribution in [0.4, 0.5) is 4.79 Å². The van der Waals surface area contributed by atoms with Crippen LogP contribution in [-0.4, -0.2) is 64.3 Å². The Morgan fingerprint density at radius 1 is 0.929 bits per heavy atom. The largest absolute Gasteiger partial charge is 0.369 e. The minimum atomic E-state index is -0.695. The van der Waals surface area contributed by atoms with E-state index in [9.17, 15) is 9.59 Å². The molecule has 3 aliphatic rings. The molecular formula is C34H48N6O2. The maximum Gasteiger partial charge on any atom is 0.317 e. The molecule has 1 unspecified atom stereocenters. The number of benzene rings is 2. The quantitative estimate of drug-likeness (QED) is 0.384. The van der Waals surface area contributed by atoms with Crippen molar-refractivity contribution in [2.75, 3.05) is 26.2 Å². The number of nitrogens with one attached hydrogen (secondary N) is 1. The van der Waals surface area contributed by atoms with Gasteiger partial charge in [-0.15, -0.1) is 0 Å². The lowest BCUT2D eigenvalue weighted by atomic mass is 9.77. The zero-order chi connectivity index (χ0) is 29.4. The Morgan fingerprint density at radius 3 is 2.29 bits per heavy atom. The molecule has 0 spiro atoms. The van der Waals surface area contributed by atoms with E-state index in [1.807, 2.05) is 35.2 Å². The van der Waals surface area contributed by atoms with Crippen molar-refractivity contribution in [2.24, 2.45) is 16.6 Å². The van der Waals surface area contributed by atoms with Gasteiger partial charge in [-0.1, -0.05) is 106 Å². The molecule has 5 rings (SSSR count). The smallest absolute Gasteiger partial charge is 0.317 e. The van der Waals surface area contributed by atoms with Crippen LogP contribution in [0, 0.1) is 5.92 Å². The summed E-state index contributed by atoms with van der Waals surface area (Å²) in [5.41, 5.74) is 9.04. The third kappa shape index (κ3) is 7.51. The van der Waals surface area contributed by atoms with Crippen LogP contribution in [0.3, 0.4) is 0 Å². The number of piperazine rings is 1. The SMILES string of the molecule is CCCCC1(CC2CCCCC2)N=C(N)N(Cc2ccc(CNC(=O)N3CCN(Cc4ccccc4)CC3)cc2)C1=O. The fraction of sp³-hybridized carbons (Fsp3) is 0.559. The highest BCUT2D eigenvalue weighted by molar-refractivity contribution is 6.06. The molecule has 1 atom stereocenters. The molecule has 226 valence electrons. The van der Waals surface area contributed by atoms with Crippen molar-refractivity contribution in [1.82, 2.24) is 20.0 Å². The van der Waals surface area contributed by atoms with E-state index in [1.165, 1.54) is 37.7 Å². The van der Waals surface area contributed by atoms with E-state index in [0.29, 0.717) is 25.0 Å². The molecule has 2 heterocycles. The average Bonchev–Trinajstić information content (AvgIpc) is 3.25. The zero-order valence-corrected chi connectivity index (χ0v) is 25.3. The highest BCUT2D eigenvalue weighted by Crippen LogP contribution is 2.39. The standard InChI is InChI=1S/C34H48N6O2/c1-2-3-18-34(23-27-10-6-4-7-11-27)31(41)40(32(35)37-34)26-30-16-14-28(15-17-30)24-36-33(42)39-21-19-38(20-22-39)25-29-12-8-5-9-13-29/h5,8-9,12-17,27H,2-4,6-7,10-11,18-26H2,1H3,(H2,35,37)(H,36,42). The second-order valence-electron chi connectivity index (χ2n) is 12.4. The van der Waals surface area contributed by atoms with Gasteiger partial charge in [0.15, 0.2) is 5.96 Å². The minimum absolute atomic E-state index is 0.0218. The van der Waals surface area contributed by atoms with E-state index in [-0.39, 0.29) is 11.9 Å². The van der Waals surface area contributed by atoms with E-state index in [0.717, 1.165) is 69.5 Å². The lowest BCUT2D eigenvalue weighted by Crippen LogP contribution is -2.51. The van der Waals surface area contributed by atoms with Gasteiger partial charge in [0.1, 0.15) is 5.54 Å². The summed E-state index contributed by atoms with van der Waals surface area (Å²) in [6.07, 6.45) is 9.81. The average molecular weight is 573 g/mol. The van der Waals surface area contributed by atoms with Gasteiger partial charge >= 0.3 is 6.03 Å². The first-order chi connectivity index (χ1) is 20.5. The van der Waals surface area contributed by atoms with Gasteiger partial charge in [0.25, 0.3) is 5.91 Å². The highest BCUT2D eigenvalue weighted by atomic mass is 16.2. The number of hydrogen-bond acceptors (Lipinski definition) is 5. The van der Waals surface area contributed by atoms with Crippen LogP contribution in [0.2, 0.25) is 0 Å². The van der Waals surface area contributed by atoms with Gasteiger partial charge in [-0.05, 0) is 35.4 Å². The molecule has 1 saturated heterocycles. The van der Waals surface area contributed by atoms with Crippen LogP contribution in [0.5, 0.6) is 0 Å². The van der Waals surface area contributed by atoms with Crippen LogP contribution >= 0.6 is 0 Å². The van der Waals surface area contributed by atoms with Gasteiger partial charge in [0, 0.05) is 39.3 Å². The summed E-state index contributed by atoms with van der Waals surface area (Å²) in [4.78, 5) is 37.5. The molecule has 8 heteroatoms. The summed E-state index contributed by atoms with van der Waals surface area (Å²) in [6.45, 7) is 7.18. The van der Waals surface area contributed by atoms with Gasteiger partial charge in [0.05, 0.1) is 6.54 Å². The second-order valence-corrected chi connectivity index (χ2v) is 12.4. The van der Waals surface area contributed by atoms with E-state index in [4.69, 9.17) is 10.7 Å². The van der Waals surface area contributed by atoms with Crippen molar-refractivity contribution in [3.8, 4) is 0 Å². The van der Waals surface area contributed by atoms with Gasteiger partial charge in [-0.2, -0.15) is 0 Å². The maximum atomic E-state index is 13.8. The summed E-state index contributed by atoms with van der Waals surface area (Å²) >= 11 is 0. The highest BCUT2D eigenvalue weighted by Gasteiger charge is 2.48. The number of rotatable bonds is 11. The third-order valence-electron chi connectivity index (χ3n) is 9.26. The molecule has 1 aliphatic carbocycles. The molecular weight excluding hydrogens is 524 g/mol. The van der Waals surface area contributed by atoms with E-state index in [1.54, 1.807) is 4.90 Å². The molecule has 8 nitrogen and oxygen atoms in total. The minimum Gasteiger partial charge on any atom is -0.369 e. The molecule has 42 heavy (non-hydrogen) atoms. The number of nitrogens with two attached hydrogens (primary N) is 1. The molecule has 2 aliphatic heterocycles. The fourth-order valence-corrected chi connectivity index (χ4v) is 6.76. The fourth-order valence-electron chi connectivity index (χ4n) is 6.76. The molecule has 0 radical (unpaired) electrons.